The zero-order valence-electron chi connectivity index (χ0n) is 13.2. The number of hydrogen-bond acceptors (Lipinski definition) is 4. The molecule has 0 aliphatic carbocycles. The van der Waals surface area contributed by atoms with Gasteiger partial charge in [-0.3, -0.25) is 0 Å². The van der Waals surface area contributed by atoms with Crippen LogP contribution < -0.4 is 14.6 Å². The van der Waals surface area contributed by atoms with Crippen LogP contribution in [0.4, 0.5) is 0 Å². The summed E-state index contributed by atoms with van der Waals surface area (Å²) in [5.74, 6) is 1.32. The lowest BCUT2D eigenvalue weighted by Gasteiger charge is -2.09. The van der Waals surface area contributed by atoms with Gasteiger partial charge in [0.15, 0.2) is 0 Å². The Morgan fingerprint density at radius 1 is 0.800 bits per heavy atom. The predicted molar refractivity (Wildman–Crippen MR) is 100 cm³/mol. The first-order valence-electron chi connectivity index (χ1n) is 7.50. The molecule has 130 valence electrons. The van der Waals surface area contributed by atoms with Crippen LogP contribution in [-0.4, -0.2) is 21.6 Å². The standard InChI is InChI=1S/C18H16BrNO4S/c19-15-3-1-14-12-17(4-2-13(14)11-15)24-10-9-23-16-5-7-18(8-6-16)25(20,21)22/h1-8,11-12H,9-10H2,(H2,20,21,22). The maximum absolute atomic E-state index is 11.2. The SMILES string of the molecule is NS(=O)(=O)c1ccc(OCCOc2ccc3cc(Br)ccc3c2)cc1. The second kappa shape index (κ2) is 7.43. The van der Waals surface area contributed by atoms with Crippen LogP contribution in [0.2, 0.25) is 0 Å². The molecule has 2 N–H and O–H groups in total. The fourth-order valence-corrected chi connectivity index (χ4v) is 3.22. The van der Waals surface area contributed by atoms with E-state index in [0.717, 1.165) is 21.0 Å². The minimum Gasteiger partial charge on any atom is -0.490 e. The Morgan fingerprint density at radius 2 is 1.36 bits per heavy atom. The molecule has 0 aliphatic heterocycles. The van der Waals surface area contributed by atoms with Crippen molar-refractivity contribution in [2.75, 3.05) is 13.2 Å². The Bertz CT molecular complexity index is 988. The molecular formula is C18H16BrNO4S. The smallest absolute Gasteiger partial charge is 0.238 e. The molecule has 0 spiro atoms. The van der Waals surface area contributed by atoms with Gasteiger partial charge < -0.3 is 9.47 Å². The fourth-order valence-electron chi connectivity index (χ4n) is 2.33. The molecule has 0 saturated carbocycles. The topological polar surface area (TPSA) is 78.6 Å². The van der Waals surface area contributed by atoms with Gasteiger partial charge in [-0.05, 0) is 59.3 Å². The summed E-state index contributed by atoms with van der Waals surface area (Å²) >= 11 is 3.45. The first-order chi connectivity index (χ1) is 11.9. The van der Waals surface area contributed by atoms with E-state index in [1.54, 1.807) is 12.1 Å². The van der Waals surface area contributed by atoms with Crippen molar-refractivity contribution in [1.29, 1.82) is 0 Å². The Labute approximate surface area is 154 Å². The van der Waals surface area contributed by atoms with Crippen LogP contribution in [0.15, 0.2) is 70.0 Å². The third-order valence-electron chi connectivity index (χ3n) is 3.55. The molecule has 0 saturated heterocycles. The summed E-state index contributed by atoms with van der Waals surface area (Å²) in [6.07, 6.45) is 0. The van der Waals surface area contributed by atoms with Gasteiger partial charge in [-0.15, -0.1) is 0 Å². The third-order valence-corrected chi connectivity index (χ3v) is 4.97. The van der Waals surface area contributed by atoms with Crippen LogP contribution in [0, 0.1) is 0 Å². The molecular weight excluding hydrogens is 406 g/mol. The van der Waals surface area contributed by atoms with Crippen LogP contribution in [0.25, 0.3) is 10.8 Å². The van der Waals surface area contributed by atoms with E-state index in [2.05, 4.69) is 15.9 Å². The number of ether oxygens (including phenoxy) is 2. The van der Waals surface area contributed by atoms with Crippen molar-refractivity contribution in [1.82, 2.24) is 0 Å². The third kappa shape index (κ3) is 4.72. The zero-order valence-corrected chi connectivity index (χ0v) is 15.6. The number of halogens is 1. The highest BCUT2D eigenvalue weighted by atomic mass is 79.9. The van der Waals surface area contributed by atoms with E-state index in [1.807, 2.05) is 36.4 Å². The van der Waals surface area contributed by atoms with Crippen molar-refractivity contribution in [3.05, 3.63) is 65.1 Å². The quantitative estimate of drug-likeness (QED) is 0.615. The van der Waals surface area contributed by atoms with Gasteiger partial charge in [0, 0.05) is 4.47 Å². The Hall–Kier alpha value is -2.09. The summed E-state index contributed by atoms with van der Waals surface area (Å²) in [6, 6.07) is 17.9. The van der Waals surface area contributed by atoms with Crippen molar-refractivity contribution in [3.8, 4) is 11.5 Å². The zero-order chi connectivity index (χ0) is 17.9. The molecule has 0 aromatic heterocycles. The second-order valence-electron chi connectivity index (χ2n) is 5.37. The van der Waals surface area contributed by atoms with Gasteiger partial charge >= 0.3 is 0 Å². The summed E-state index contributed by atoms with van der Waals surface area (Å²) in [5.41, 5.74) is 0. The molecule has 0 radical (unpaired) electrons. The summed E-state index contributed by atoms with van der Waals surface area (Å²) in [5, 5.41) is 7.28. The predicted octanol–water partition coefficient (Wildman–Crippen LogP) is 3.71. The maximum atomic E-state index is 11.2. The molecule has 0 amide bonds. The van der Waals surface area contributed by atoms with Gasteiger partial charge in [-0.1, -0.05) is 28.1 Å². The number of fused-ring (bicyclic) bond motifs is 1. The molecule has 0 bridgehead atoms. The van der Waals surface area contributed by atoms with Crippen molar-refractivity contribution in [2.24, 2.45) is 5.14 Å². The molecule has 3 rings (SSSR count). The van der Waals surface area contributed by atoms with Gasteiger partial charge in [0.1, 0.15) is 24.7 Å². The van der Waals surface area contributed by atoms with E-state index in [0.29, 0.717) is 19.0 Å². The van der Waals surface area contributed by atoms with E-state index in [-0.39, 0.29) is 4.90 Å². The number of benzene rings is 3. The van der Waals surface area contributed by atoms with Gasteiger partial charge in [0.25, 0.3) is 0 Å². The molecule has 0 unspecified atom stereocenters. The van der Waals surface area contributed by atoms with E-state index < -0.39 is 10.0 Å². The van der Waals surface area contributed by atoms with Crippen LogP contribution >= 0.6 is 15.9 Å². The minimum absolute atomic E-state index is 0.0545. The van der Waals surface area contributed by atoms with Crippen molar-refractivity contribution in [3.63, 3.8) is 0 Å². The van der Waals surface area contributed by atoms with Crippen molar-refractivity contribution < 1.29 is 17.9 Å². The van der Waals surface area contributed by atoms with Crippen molar-refractivity contribution in [2.45, 2.75) is 4.90 Å². The average Bonchev–Trinajstić information content (AvgIpc) is 2.58. The average molecular weight is 422 g/mol. The van der Waals surface area contributed by atoms with Crippen LogP contribution in [-0.2, 0) is 10.0 Å². The van der Waals surface area contributed by atoms with Gasteiger partial charge in [0.2, 0.25) is 10.0 Å². The second-order valence-corrected chi connectivity index (χ2v) is 7.84. The molecule has 0 heterocycles. The number of rotatable bonds is 6. The largest absolute Gasteiger partial charge is 0.490 e. The monoisotopic (exact) mass is 421 g/mol. The Kier molecular flexibility index (Phi) is 5.27. The summed E-state index contributed by atoms with van der Waals surface area (Å²) in [6.45, 7) is 0.714. The lowest BCUT2D eigenvalue weighted by Crippen LogP contribution is -2.12. The maximum Gasteiger partial charge on any atom is 0.238 e. The first kappa shape index (κ1) is 17.7. The molecule has 25 heavy (non-hydrogen) atoms. The van der Waals surface area contributed by atoms with E-state index in [1.165, 1.54) is 12.1 Å². The molecule has 0 atom stereocenters. The Morgan fingerprint density at radius 3 is 2.04 bits per heavy atom. The molecule has 3 aromatic carbocycles. The Balaban J connectivity index is 1.54. The van der Waals surface area contributed by atoms with Gasteiger partial charge in [-0.2, -0.15) is 0 Å². The lowest BCUT2D eigenvalue weighted by molar-refractivity contribution is 0.217. The van der Waals surface area contributed by atoms with E-state index in [9.17, 15) is 8.42 Å². The number of primary sulfonamides is 1. The van der Waals surface area contributed by atoms with Crippen LogP contribution in [0.5, 0.6) is 11.5 Å². The molecule has 0 fully saturated rings. The summed E-state index contributed by atoms with van der Waals surface area (Å²) in [4.78, 5) is 0.0545. The highest BCUT2D eigenvalue weighted by Gasteiger charge is 2.07. The minimum atomic E-state index is -3.68. The highest BCUT2D eigenvalue weighted by Crippen LogP contribution is 2.24. The highest BCUT2D eigenvalue weighted by molar-refractivity contribution is 9.10. The number of hydrogen-bond donors (Lipinski definition) is 1. The number of sulfonamides is 1. The van der Waals surface area contributed by atoms with Gasteiger partial charge in [0.05, 0.1) is 4.90 Å². The molecule has 3 aromatic rings. The van der Waals surface area contributed by atoms with E-state index in [4.69, 9.17) is 14.6 Å². The molecule has 7 heteroatoms. The lowest BCUT2D eigenvalue weighted by atomic mass is 10.1. The van der Waals surface area contributed by atoms with Gasteiger partial charge in [-0.25, -0.2) is 13.6 Å². The summed E-state index contributed by atoms with van der Waals surface area (Å²) < 4.78 is 34.6. The summed E-state index contributed by atoms with van der Waals surface area (Å²) in [7, 11) is -3.68. The molecule has 0 aliphatic rings. The van der Waals surface area contributed by atoms with Crippen molar-refractivity contribution >= 4 is 36.7 Å². The van der Waals surface area contributed by atoms with Crippen LogP contribution in [0.1, 0.15) is 0 Å². The first-order valence-corrected chi connectivity index (χ1v) is 9.83. The number of nitrogens with two attached hydrogens (primary N) is 1. The van der Waals surface area contributed by atoms with Crippen LogP contribution in [0.3, 0.4) is 0 Å². The molecule has 5 nitrogen and oxygen atoms in total. The fraction of sp³-hybridized carbons (Fsp3) is 0.111. The normalized spacial score (nSPS) is 11.4. The van der Waals surface area contributed by atoms with E-state index >= 15 is 0 Å².